The third kappa shape index (κ3) is 3.08. The maximum Gasteiger partial charge on any atom is 0.191 e. The van der Waals surface area contributed by atoms with Crippen molar-refractivity contribution in [2.75, 3.05) is 0 Å². The van der Waals surface area contributed by atoms with Crippen molar-refractivity contribution in [3.8, 4) is 0 Å². The van der Waals surface area contributed by atoms with Crippen LogP contribution in [0.1, 0.15) is 11.1 Å². The van der Waals surface area contributed by atoms with Crippen molar-refractivity contribution in [3.63, 3.8) is 0 Å². The molecule has 1 heterocycles. The molecule has 2 aromatic carbocycles. The molecule has 1 unspecified atom stereocenters. The second-order valence-corrected chi connectivity index (χ2v) is 5.67. The number of hydrogen-bond acceptors (Lipinski definition) is 2. The number of halogens is 1. The van der Waals surface area contributed by atoms with Crippen molar-refractivity contribution in [1.29, 1.82) is 5.41 Å². The molecule has 2 nitrogen and oxygen atoms in total. The Morgan fingerprint density at radius 2 is 1.50 bits per heavy atom. The summed E-state index contributed by atoms with van der Waals surface area (Å²) in [6.45, 7) is 3.95. The predicted molar refractivity (Wildman–Crippen MR) is 85.2 cm³/mol. The van der Waals surface area contributed by atoms with Crippen molar-refractivity contribution >= 4 is 5.90 Å². The first-order valence-electron chi connectivity index (χ1n) is 7.37. The van der Waals surface area contributed by atoms with Crippen LogP contribution in [0, 0.1) is 23.1 Å². The van der Waals surface area contributed by atoms with Gasteiger partial charge in [-0.05, 0) is 36.1 Å². The molecule has 22 heavy (non-hydrogen) atoms. The van der Waals surface area contributed by atoms with Gasteiger partial charge in [0.05, 0.1) is 0 Å². The summed E-state index contributed by atoms with van der Waals surface area (Å²) in [6.07, 6.45) is 1.46. The van der Waals surface area contributed by atoms with E-state index in [1.54, 1.807) is 12.1 Å². The molecule has 1 aliphatic heterocycles. The van der Waals surface area contributed by atoms with Gasteiger partial charge in [-0.3, -0.25) is 5.41 Å². The van der Waals surface area contributed by atoms with Crippen LogP contribution in [0.5, 0.6) is 0 Å². The monoisotopic (exact) mass is 295 g/mol. The van der Waals surface area contributed by atoms with Crippen LogP contribution in [-0.2, 0) is 17.6 Å². The Morgan fingerprint density at radius 3 is 2.18 bits per heavy atom. The van der Waals surface area contributed by atoms with Gasteiger partial charge in [0, 0.05) is 11.8 Å². The quantitative estimate of drug-likeness (QED) is 0.893. The van der Waals surface area contributed by atoms with E-state index >= 15 is 0 Å². The molecule has 0 bridgehead atoms. The normalized spacial score (nSPS) is 21.0. The lowest BCUT2D eigenvalue weighted by Gasteiger charge is -2.17. The van der Waals surface area contributed by atoms with Gasteiger partial charge in [0.15, 0.2) is 5.90 Å². The Kier molecular flexibility index (Phi) is 4.05. The van der Waals surface area contributed by atoms with Gasteiger partial charge < -0.3 is 4.74 Å². The zero-order valence-corrected chi connectivity index (χ0v) is 12.3. The molecule has 1 N–H and O–H groups in total. The summed E-state index contributed by atoms with van der Waals surface area (Å²) in [4.78, 5) is 0. The first-order chi connectivity index (χ1) is 10.6. The van der Waals surface area contributed by atoms with Crippen LogP contribution in [0.15, 0.2) is 66.9 Å². The minimum Gasteiger partial charge on any atom is -0.448 e. The van der Waals surface area contributed by atoms with E-state index in [2.05, 4.69) is 18.7 Å². The highest BCUT2D eigenvalue weighted by Crippen LogP contribution is 2.35. The molecular formula is C19H18FNO. The van der Waals surface area contributed by atoms with Crippen molar-refractivity contribution in [1.82, 2.24) is 0 Å². The molecule has 0 aliphatic carbocycles. The van der Waals surface area contributed by atoms with Gasteiger partial charge in [-0.15, -0.1) is 0 Å². The van der Waals surface area contributed by atoms with Crippen molar-refractivity contribution in [3.05, 3.63) is 83.9 Å². The predicted octanol–water partition coefficient (Wildman–Crippen LogP) is 4.36. The van der Waals surface area contributed by atoms with E-state index < -0.39 is 0 Å². The molecule has 1 saturated heterocycles. The molecular weight excluding hydrogens is 277 g/mol. The van der Waals surface area contributed by atoms with Crippen LogP contribution in [0.2, 0.25) is 0 Å². The molecule has 112 valence electrons. The standard InChI is InChI=1S/C19H18FNO/c1-13-17(11-15-7-9-16(20)10-8-15)18(19(21)22-13)12-14-5-3-2-4-6-14/h2-10,17-18,21H,1,11-12H2/t17-,18?/m0/s1. The molecule has 3 rings (SSSR count). The minimum absolute atomic E-state index is 0.0139. The van der Waals surface area contributed by atoms with Gasteiger partial charge in [-0.25, -0.2) is 4.39 Å². The van der Waals surface area contributed by atoms with Gasteiger partial charge >= 0.3 is 0 Å². The summed E-state index contributed by atoms with van der Waals surface area (Å²) in [7, 11) is 0. The topological polar surface area (TPSA) is 33.1 Å². The third-order valence-electron chi connectivity index (χ3n) is 4.14. The Labute approximate surface area is 129 Å². The summed E-state index contributed by atoms with van der Waals surface area (Å²) in [5.41, 5.74) is 2.21. The summed E-state index contributed by atoms with van der Waals surface area (Å²) in [5.74, 6) is 0.716. The first kappa shape index (κ1) is 14.5. The molecule has 3 heteroatoms. The fourth-order valence-electron chi connectivity index (χ4n) is 2.93. The van der Waals surface area contributed by atoms with Crippen molar-refractivity contribution < 1.29 is 9.13 Å². The summed E-state index contributed by atoms with van der Waals surface area (Å²) in [6, 6.07) is 16.6. The van der Waals surface area contributed by atoms with Gasteiger partial charge in [-0.2, -0.15) is 0 Å². The average Bonchev–Trinajstić information content (AvgIpc) is 2.77. The fraction of sp³-hybridized carbons (Fsp3) is 0.211. The molecule has 2 atom stereocenters. The average molecular weight is 295 g/mol. The van der Waals surface area contributed by atoms with E-state index in [4.69, 9.17) is 10.1 Å². The van der Waals surface area contributed by atoms with E-state index in [1.807, 2.05) is 18.2 Å². The summed E-state index contributed by atoms with van der Waals surface area (Å²) < 4.78 is 18.5. The van der Waals surface area contributed by atoms with Gasteiger partial charge in [0.1, 0.15) is 11.6 Å². The van der Waals surface area contributed by atoms with Gasteiger partial charge in [-0.1, -0.05) is 49.0 Å². The van der Waals surface area contributed by atoms with E-state index in [1.165, 1.54) is 17.7 Å². The third-order valence-corrected chi connectivity index (χ3v) is 4.14. The van der Waals surface area contributed by atoms with Crippen LogP contribution in [0.3, 0.4) is 0 Å². The van der Waals surface area contributed by atoms with E-state index in [9.17, 15) is 4.39 Å². The zero-order valence-electron chi connectivity index (χ0n) is 12.3. The molecule has 0 spiro atoms. The molecule has 0 radical (unpaired) electrons. The second-order valence-electron chi connectivity index (χ2n) is 5.67. The number of nitrogens with one attached hydrogen (secondary N) is 1. The fourth-order valence-corrected chi connectivity index (χ4v) is 2.93. The summed E-state index contributed by atoms with van der Waals surface area (Å²) in [5, 5.41) is 8.07. The molecule has 2 aromatic rings. The number of hydrogen-bond donors (Lipinski definition) is 1. The number of benzene rings is 2. The SMILES string of the molecule is C=C1OC(=N)C(Cc2ccccc2)[C@H]1Cc1ccc(F)cc1. The largest absolute Gasteiger partial charge is 0.448 e. The zero-order chi connectivity index (χ0) is 15.5. The highest BCUT2D eigenvalue weighted by Gasteiger charge is 2.37. The first-order valence-corrected chi connectivity index (χ1v) is 7.37. The number of ether oxygens (including phenoxy) is 1. The smallest absolute Gasteiger partial charge is 0.191 e. The van der Waals surface area contributed by atoms with Crippen LogP contribution < -0.4 is 0 Å². The van der Waals surface area contributed by atoms with E-state index in [0.717, 1.165) is 12.0 Å². The maximum atomic E-state index is 13.0. The Balaban J connectivity index is 1.79. The maximum absolute atomic E-state index is 13.0. The Hall–Kier alpha value is -2.42. The van der Waals surface area contributed by atoms with Crippen LogP contribution in [-0.4, -0.2) is 5.90 Å². The highest BCUT2D eigenvalue weighted by molar-refractivity contribution is 5.80. The lowest BCUT2D eigenvalue weighted by Crippen LogP contribution is -2.19. The highest BCUT2D eigenvalue weighted by atomic mass is 19.1. The van der Waals surface area contributed by atoms with Gasteiger partial charge in [0.2, 0.25) is 0 Å². The second kappa shape index (κ2) is 6.14. The molecule has 0 saturated carbocycles. The number of rotatable bonds is 4. The molecule has 0 aromatic heterocycles. The molecule has 1 aliphatic rings. The van der Waals surface area contributed by atoms with E-state index in [0.29, 0.717) is 12.2 Å². The molecule has 1 fully saturated rings. The minimum atomic E-state index is -0.237. The lowest BCUT2D eigenvalue weighted by atomic mass is 9.83. The number of allylic oxidation sites excluding steroid dienone is 1. The van der Waals surface area contributed by atoms with Crippen molar-refractivity contribution in [2.45, 2.75) is 12.8 Å². The Morgan fingerprint density at radius 1 is 0.909 bits per heavy atom. The van der Waals surface area contributed by atoms with Crippen LogP contribution in [0.4, 0.5) is 4.39 Å². The van der Waals surface area contributed by atoms with E-state index in [-0.39, 0.29) is 23.6 Å². The van der Waals surface area contributed by atoms with Crippen LogP contribution >= 0.6 is 0 Å². The molecule has 0 amide bonds. The van der Waals surface area contributed by atoms with Crippen LogP contribution in [0.25, 0.3) is 0 Å². The van der Waals surface area contributed by atoms with Gasteiger partial charge in [0.25, 0.3) is 0 Å². The van der Waals surface area contributed by atoms with Crippen molar-refractivity contribution in [2.24, 2.45) is 11.8 Å². The summed E-state index contributed by atoms with van der Waals surface area (Å²) >= 11 is 0. The lowest BCUT2D eigenvalue weighted by molar-refractivity contribution is 0.395. The Bertz CT molecular complexity index is 678.